The quantitative estimate of drug-likeness (QED) is 0.727. The number of oxime groups is 1. The molecule has 4 heterocycles. The summed E-state index contributed by atoms with van der Waals surface area (Å²) in [4.78, 5) is 28.1. The number of ether oxygens (including phenoxy) is 3. The van der Waals surface area contributed by atoms with E-state index in [0.717, 1.165) is 13.1 Å². The molecule has 2 saturated heterocycles. The molecule has 2 atom stereocenters. The molecule has 140 valence electrons. The summed E-state index contributed by atoms with van der Waals surface area (Å²) in [6.45, 7) is 4.19. The van der Waals surface area contributed by atoms with Crippen LogP contribution in [-0.4, -0.2) is 66.5 Å². The molecule has 0 unspecified atom stereocenters. The molecule has 1 aromatic heterocycles. The molecule has 9 nitrogen and oxygen atoms in total. The summed E-state index contributed by atoms with van der Waals surface area (Å²) < 4.78 is 17.3. The summed E-state index contributed by atoms with van der Waals surface area (Å²) in [7, 11) is 0. The van der Waals surface area contributed by atoms with E-state index >= 15 is 0 Å². The van der Waals surface area contributed by atoms with Crippen LogP contribution in [0.2, 0.25) is 0 Å². The number of anilines is 1. The fraction of sp³-hybridized carbons (Fsp3) is 0.647. The Morgan fingerprint density at radius 1 is 1.27 bits per heavy atom. The van der Waals surface area contributed by atoms with Gasteiger partial charge in [-0.3, -0.25) is 0 Å². The van der Waals surface area contributed by atoms with Gasteiger partial charge in [-0.1, -0.05) is 5.16 Å². The van der Waals surface area contributed by atoms with E-state index < -0.39 is 11.8 Å². The minimum Gasteiger partial charge on any atom is -0.461 e. The minimum atomic E-state index is -0.668. The molecule has 3 aliphatic rings. The number of rotatable bonds is 3. The average molecular weight is 362 g/mol. The highest BCUT2D eigenvalue weighted by atomic mass is 16.7. The second kappa shape index (κ2) is 7.16. The van der Waals surface area contributed by atoms with Gasteiger partial charge in [0, 0.05) is 38.3 Å². The van der Waals surface area contributed by atoms with Gasteiger partial charge in [-0.15, -0.1) is 0 Å². The Labute approximate surface area is 151 Å². The molecule has 26 heavy (non-hydrogen) atoms. The predicted octanol–water partition coefficient (Wildman–Crippen LogP) is 0.754. The zero-order valence-electron chi connectivity index (χ0n) is 14.7. The highest BCUT2D eigenvalue weighted by Gasteiger charge is 2.47. The van der Waals surface area contributed by atoms with E-state index in [1.807, 2.05) is 0 Å². The first-order valence-corrected chi connectivity index (χ1v) is 8.91. The molecule has 9 heteroatoms. The Morgan fingerprint density at radius 2 is 2.00 bits per heavy atom. The van der Waals surface area contributed by atoms with Gasteiger partial charge in [0.05, 0.1) is 25.7 Å². The normalized spacial score (nSPS) is 27.3. The maximum Gasteiger partial charge on any atom is 0.356 e. The molecule has 0 bridgehead atoms. The monoisotopic (exact) mass is 362 g/mol. The lowest BCUT2D eigenvalue weighted by atomic mass is 9.99. The number of carbonyl (C=O) groups excluding carboxylic acids is 1. The molecule has 0 radical (unpaired) electrons. The molecule has 2 fully saturated rings. The van der Waals surface area contributed by atoms with Crippen molar-refractivity contribution in [2.24, 2.45) is 11.1 Å². The van der Waals surface area contributed by atoms with Crippen LogP contribution < -0.4 is 4.90 Å². The van der Waals surface area contributed by atoms with Crippen LogP contribution in [-0.2, 0) is 23.8 Å². The molecular weight excluding hydrogens is 340 g/mol. The molecule has 1 aromatic rings. The first-order chi connectivity index (χ1) is 12.7. The van der Waals surface area contributed by atoms with Crippen molar-refractivity contribution in [1.29, 1.82) is 0 Å². The average Bonchev–Trinajstić information content (AvgIpc) is 3.02. The lowest BCUT2D eigenvalue weighted by molar-refractivity contribution is -0.240. The molecule has 1 spiro atoms. The van der Waals surface area contributed by atoms with Crippen molar-refractivity contribution in [2.75, 3.05) is 37.8 Å². The van der Waals surface area contributed by atoms with Gasteiger partial charge in [0.2, 0.25) is 5.95 Å². The van der Waals surface area contributed by atoms with Crippen molar-refractivity contribution in [3.05, 3.63) is 18.5 Å². The molecular formula is C17H22N4O5. The first kappa shape index (κ1) is 17.2. The summed E-state index contributed by atoms with van der Waals surface area (Å²) >= 11 is 0. The van der Waals surface area contributed by atoms with Gasteiger partial charge in [0.15, 0.2) is 17.6 Å². The van der Waals surface area contributed by atoms with Crippen molar-refractivity contribution >= 4 is 17.6 Å². The lowest BCUT2D eigenvalue weighted by Gasteiger charge is -2.40. The van der Waals surface area contributed by atoms with Crippen LogP contribution in [0, 0.1) is 5.92 Å². The highest BCUT2D eigenvalue weighted by molar-refractivity contribution is 6.37. The third-order valence-electron chi connectivity index (χ3n) is 4.97. The van der Waals surface area contributed by atoms with Gasteiger partial charge in [0.1, 0.15) is 0 Å². The SMILES string of the molecule is CCOC(=O)C1=NO[C@H]2COC3(CCN(c4ncccn4)CC3)OC[C@H]12. The topological polar surface area (TPSA) is 95.4 Å². The van der Waals surface area contributed by atoms with E-state index in [0.29, 0.717) is 38.6 Å². The summed E-state index contributed by atoms with van der Waals surface area (Å²) in [6.07, 6.45) is 4.54. The largest absolute Gasteiger partial charge is 0.461 e. The van der Waals surface area contributed by atoms with Crippen LogP contribution in [0.4, 0.5) is 5.95 Å². The number of nitrogens with zero attached hydrogens (tertiary/aromatic N) is 4. The van der Waals surface area contributed by atoms with Crippen LogP contribution >= 0.6 is 0 Å². The zero-order valence-corrected chi connectivity index (χ0v) is 14.7. The Balaban J connectivity index is 1.39. The number of piperidine rings is 1. The number of esters is 1. The van der Waals surface area contributed by atoms with Gasteiger partial charge >= 0.3 is 5.97 Å². The fourth-order valence-electron chi connectivity index (χ4n) is 3.48. The van der Waals surface area contributed by atoms with Gasteiger partial charge < -0.3 is 23.9 Å². The Kier molecular flexibility index (Phi) is 4.73. The van der Waals surface area contributed by atoms with E-state index in [-0.39, 0.29) is 17.7 Å². The van der Waals surface area contributed by atoms with Crippen LogP contribution in [0.5, 0.6) is 0 Å². The molecule has 0 N–H and O–H groups in total. The minimum absolute atomic E-state index is 0.260. The van der Waals surface area contributed by atoms with Crippen LogP contribution in [0.3, 0.4) is 0 Å². The number of aromatic nitrogens is 2. The summed E-state index contributed by atoms with van der Waals surface area (Å²) in [6, 6.07) is 1.80. The smallest absolute Gasteiger partial charge is 0.356 e. The molecule has 0 amide bonds. The van der Waals surface area contributed by atoms with Crippen molar-refractivity contribution in [1.82, 2.24) is 9.97 Å². The van der Waals surface area contributed by atoms with E-state index in [9.17, 15) is 4.79 Å². The van der Waals surface area contributed by atoms with Crippen LogP contribution in [0.25, 0.3) is 0 Å². The zero-order chi connectivity index (χ0) is 18.0. The van der Waals surface area contributed by atoms with Crippen molar-refractivity contribution in [3.63, 3.8) is 0 Å². The van der Waals surface area contributed by atoms with Crippen LogP contribution in [0.15, 0.2) is 23.6 Å². The Hall–Kier alpha value is -2.26. The van der Waals surface area contributed by atoms with Crippen molar-refractivity contribution in [2.45, 2.75) is 31.7 Å². The second-order valence-corrected chi connectivity index (χ2v) is 6.52. The van der Waals surface area contributed by atoms with Crippen molar-refractivity contribution < 1.29 is 23.8 Å². The summed E-state index contributed by atoms with van der Waals surface area (Å²) in [5.74, 6) is -0.661. The fourth-order valence-corrected chi connectivity index (χ4v) is 3.48. The Morgan fingerprint density at radius 3 is 2.73 bits per heavy atom. The van der Waals surface area contributed by atoms with Gasteiger partial charge in [0.25, 0.3) is 0 Å². The summed E-state index contributed by atoms with van der Waals surface area (Å²) in [5, 5.41) is 3.88. The molecule has 0 aliphatic carbocycles. The van der Waals surface area contributed by atoms with E-state index in [2.05, 4.69) is 20.0 Å². The van der Waals surface area contributed by atoms with Gasteiger partial charge in [-0.05, 0) is 13.0 Å². The lowest BCUT2D eigenvalue weighted by Crippen LogP contribution is -2.48. The number of fused-ring (bicyclic) bond motifs is 1. The highest BCUT2D eigenvalue weighted by Crippen LogP contribution is 2.35. The van der Waals surface area contributed by atoms with Gasteiger partial charge in [-0.25, -0.2) is 14.8 Å². The first-order valence-electron chi connectivity index (χ1n) is 8.91. The Bertz CT molecular complexity index is 675. The van der Waals surface area contributed by atoms with Crippen LogP contribution in [0.1, 0.15) is 19.8 Å². The maximum atomic E-state index is 12.0. The molecule has 0 saturated carbocycles. The predicted molar refractivity (Wildman–Crippen MR) is 90.5 cm³/mol. The molecule has 0 aromatic carbocycles. The second-order valence-electron chi connectivity index (χ2n) is 6.52. The molecule has 3 aliphatic heterocycles. The number of carbonyl (C=O) groups is 1. The molecule has 4 rings (SSSR count). The van der Waals surface area contributed by atoms with Gasteiger partial charge in [-0.2, -0.15) is 0 Å². The maximum absolute atomic E-state index is 12.0. The standard InChI is InChI=1S/C17H22N4O5/c1-2-23-15(22)14-12-10-24-17(25-11-13(12)26-20-14)4-8-21(9-5-17)16-18-6-3-7-19-16/h3,6-7,12-13H,2,4-5,8-11H2,1H3/t12-,13-/m0/s1. The van der Waals surface area contributed by atoms with Crippen molar-refractivity contribution in [3.8, 4) is 0 Å². The van der Waals surface area contributed by atoms with E-state index in [1.165, 1.54) is 0 Å². The number of hydrogen-bond acceptors (Lipinski definition) is 9. The number of hydrogen-bond donors (Lipinski definition) is 0. The summed E-state index contributed by atoms with van der Waals surface area (Å²) in [5.41, 5.74) is 0.285. The third-order valence-corrected chi connectivity index (χ3v) is 4.97. The van der Waals surface area contributed by atoms with E-state index in [4.69, 9.17) is 19.0 Å². The van der Waals surface area contributed by atoms with E-state index in [1.54, 1.807) is 25.4 Å². The third kappa shape index (κ3) is 3.24.